The van der Waals surface area contributed by atoms with Crippen LogP contribution in [0.2, 0.25) is 5.04 Å². The van der Waals surface area contributed by atoms with E-state index >= 15 is 0 Å². The molecule has 0 radical (unpaired) electrons. The smallest absolute Gasteiger partial charge is 0.241 e. The van der Waals surface area contributed by atoms with E-state index < -0.39 is 25.7 Å². The molecule has 1 unspecified atom stereocenters. The topological polar surface area (TPSA) is 63.7 Å². The SMILES string of the molecule is C=CCC[C@@H](O[SiH2]C(C)(C)C(C)(C)C)[C@@H](C)C(=O)N1[C@H]2CC3CC[C@@]2(CS1(=O)=O)C3(C)C. The molecule has 0 aromatic rings. The lowest BCUT2D eigenvalue weighted by atomic mass is 9.69. The van der Waals surface area contributed by atoms with Gasteiger partial charge in [0.05, 0.1) is 23.8 Å². The van der Waals surface area contributed by atoms with E-state index in [0.29, 0.717) is 12.3 Å². The van der Waals surface area contributed by atoms with Gasteiger partial charge in [0, 0.05) is 5.41 Å². The quantitative estimate of drug-likeness (QED) is 0.372. The van der Waals surface area contributed by atoms with Gasteiger partial charge >= 0.3 is 0 Å². The van der Waals surface area contributed by atoms with E-state index in [2.05, 4.69) is 55.0 Å². The van der Waals surface area contributed by atoms with Gasteiger partial charge in [0.15, 0.2) is 9.76 Å². The fourth-order valence-corrected chi connectivity index (χ4v) is 10.4. The fourth-order valence-electron chi connectivity index (χ4n) is 6.23. The first-order valence-electron chi connectivity index (χ1n) is 12.3. The summed E-state index contributed by atoms with van der Waals surface area (Å²) >= 11 is 0. The van der Waals surface area contributed by atoms with Crippen molar-refractivity contribution in [1.82, 2.24) is 4.31 Å². The van der Waals surface area contributed by atoms with Crippen molar-refractivity contribution in [2.75, 3.05) is 5.75 Å². The van der Waals surface area contributed by atoms with Crippen LogP contribution in [0.3, 0.4) is 0 Å². The summed E-state index contributed by atoms with van der Waals surface area (Å²) in [5.41, 5.74) is -0.216. The van der Waals surface area contributed by atoms with Crippen LogP contribution >= 0.6 is 0 Å². The van der Waals surface area contributed by atoms with Gasteiger partial charge in [0.2, 0.25) is 15.9 Å². The molecule has 3 aliphatic rings. The monoisotopic (exact) mass is 483 g/mol. The summed E-state index contributed by atoms with van der Waals surface area (Å²) in [5, 5.41) is 0.0562. The molecule has 7 heteroatoms. The van der Waals surface area contributed by atoms with Crippen LogP contribution in [0.25, 0.3) is 0 Å². The molecule has 2 aliphatic carbocycles. The molecule has 0 aromatic heterocycles. The average molecular weight is 484 g/mol. The largest absolute Gasteiger partial charge is 0.420 e. The third-order valence-corrected chi connectivity index (χ3v) is 14.2. The van der Waals surface area contributed by atoms with Gasteiger partial charge in [-0.05, 0) is 53.9 Å². The van der Waals surface area contributed by atoms with Crippen LogP contribution in [0.4, 0.5) is 0 Å². The van der Waals surface area contributed by atoms with E-state index in [9.17, 15) is 13.2 Å². The van der Waals surface area contributed by atoms with Crippen LogP contribution in [0, 0.1) is 28.1 Å². The van der Waals surface area contributed by atoms with Crippen LogP contribution in [0.1, 0.15) is 87.5 Å². The molecule has 184 valence electrons. The number of hydrogen-bond acceptors (Lipinski definition) is 4. The number of allylic oxidation sites excluding steroid dienone is 1. The fraction of sp³-hybridized carbons (Fsp3) is 0.880. The van der Waals surface area contributed by atoms with Gasteiger partial charge in [0.1, 0.15) is 0 Å². The number of sulfonamides is 1. The lowest BCUT2D eigenvalue weighted by molar-refractivity contribution is -0.135. The second-order valence-electron chi connectivity index (χ2n) is 12.9. The molecule has 0 N–H and O–H groups in total. The maximum Gasteiger partial charge on any atom is 0.241 e. The highest BCUT2D eigenvalue weighted by Crippen LogP contribution is 2.70. The van der Waals surface area contributed by atoms with E-state index in [1.165, 1.54) is 4.31 Å². The zero-order valence-electron chi connectivity index (χ0n) is 21.5. The Morgan fingerprint density at radius 2 is 1.91 bits per heavy atom. The van der Waals surface area contributed by atoms with E-state index in [0.717, 1.165) is 25.7 Å². The van der Waals surface area contributed by atoms with Gasteiger partial charge in [-0.2, -0.15) is 0 Å². The molecule has 1 saturated heterocycles. The lowest BCUT2D eigenvalue weighted by Gasteiger charge is -2.40. The van der Waals surface area contributed by atoms with Crippen LogP contribution < -0.4 is 0 Å². The highest BCUT2D eigenvalue weighted by molar-refractivity contribution is 7.90. The summed E-state index contributed by atoms with van der Waals surface area (Å²) in [5.74, 6) is -0.116. The predicted molar refractivity (Wildman–Crippen MR) is 133 cm³/mol. The Balaban J connectivity index is 1.83. The Labute approximate surface area is 198 Å². The number of carbonyl (C=O) groups is 1. The van der Waals surface area contributed by atoms with E-state index in [1.807, 2.05) is 13.0 Å². The zero-order chi connectivity index (χ0) is 24.3. The number of amides is 1. The van der Waals surface area contributed by atoms with Crippen molar-refractivity contribution in [2.24, 2.45) is 28.1 Å². The summed E-state index contributed by atoms with van der Waals surface area (Å²) in [6.07, 6.45) is 5.83. The van der Waals surface area contributed by atoms with Crippen LogP contribution in [0.5, 0.6) is 0 Å². The molecule has 1 heterocycles. The van der Waals surface area contributed by atoms with Gasteiger partial charge in [-0.15, -0.1) is 6.58 Å². The first kappa shape index (κ1) is 26.0. The van der Waals surface area contributed by atoms with Crippen molar-refractivity contribution in [2.45, 2.75) is 105 Å². The average Bonchev–Trinajstić information content (AvgIpc) is 3.13. The number of fused-ring (bicyclic) bond motifs is 1. The Morgan fingerprint density at radius 1 is 1.28 bits per heavy atom. The summed E-state index contributed by atoms with van der Waals surface area (Å²) in [4.78, 5) is 13.8. The van der Waals surface area contributed by atoms with Gasteiger partial charge in [0.25, 0.3) is 0 Å². The van der Waals surface area contributed by atoms with Crippen molar-refractivity contribution in [3.05, 3.63) is 12.7 Å². The second-order valence-corrected chi connectivity index (χ2v) is 17.1. The van der Waals surface area contributed by atoms with Gasteiger partial charge in [-0.3, -0.25) is 4.79 Å². The first-order valence-corrected chi connectivity index (χ1v) is 15.2. The summed E-state index contributed by atoms with van der Waals surface area (Å²) in [6, 6.07) is -0.181. The first-order chi connectivity index (χ1) is 14.5. The predicted octanol–water partition coefficient (Wildman–Crippen LogP) is 4.67. The Morgan fingerprint density at radius 3 is 2.44 bits per heavy atom. The third-order valence-electron chi connectivity index (χ3n) is 9.92. The molecule has 1 aliphatic heterocycles. The van der Waals surface area contributed by atoms with Crippen molar-refractivity contribution in [3.63, 3.8) is 0 Å². The summed E-state index contributed by atoms with van der Waals surface area (Å²) in [7, 11) is -4.57. The molecule has 3 rings (SSSR count). The molecule has 2 saturated carbocycles. The maximum absolute atomic E-state index is 13.8. The Hall–Kier alpha value is -0.663. The van der Waals surface area contributed by atoms with E-state index in [4.69, 9.17) is 4.43 Å². The summed E-state index contributed by atoms with van der Waals surface area (Å²) in [6.45, 7) is 21.3. The standard InChI is InChI=1S/C25H45NO4SSi/c1-10-11-12-19(30-32-24(8,9)22(3,4)5)17(2)21(27)26-20-15-18-13-14-25(20,23(18,6)7)16-31(26,28)29/h10,17-20H,1,11-16,32H2,2-9H3/t17-,18?,19-,20+,25+/m1/s1. The molecule has 1 amide bonds. The van der Waals surface area contributed by atoms with Crippen molar-refractivity contribution >= 4 is 25.7 Å². The van der Waals surface area contributed by atoms with E-state index in [1.54, 1.807) is 0 Å². The van der Waals surface area contributed by atoms with Gasteiger partial charge in [-0.25, -0.2) is 12.7 Å². The Kier molecular flexibility index (Phi) is 6.67. The maximum atomic E-state index is 13.8. The van der Waals surface area contributed by atoms with Gasteiger partial charge < -0.3 is 4.43 Å². The van der Waals surface area contributed by atoms with E-state index in [-0.39, 0.29) is 45.1 Å². The lowest BCUT2D eigenvalue weighted by Crippen LogP contribution is -2.48. The third kappa shape index (κ3) is 3.94. The van der Waals surface area contributed by atoms with Crippen molar-refractivity contribution < 1.29 is 17.6 Å². The molecule has 5 atom stereocenters. The highest BCUT2D eigenvalue weighted by Gasteiger charge is 2.72. The molecular formula is C25H45NO4SSi. The number of nitrogens with zero attached hydrogens (tertiary/aromatic N) is 1. The minimum Gasteiger partial charge on any atom is -0.420 e. The molecule has 0 aromatic carbocycles. The molecule has 1 spiro atoms. The number of rotatable bonds is 8. The summed E-state index contributed by atoms with van der Waals surface area (Å²) < 4.78 is 34.5. The van der Waals surface area contributed by atoms with Crippen molar-refractivity contribution in [1.29, 1.82) is 0 Å². The van der Waals surface area contributed by atoms with Crippen LogP contribution in [0.15, 0.2) is 12.7 Å². The highest BCUT2D eigenvalue weighted by atomic mass is 32.2. The Bertz CT molecular complexity index is 860. The zero-order valence-corrected chi connectivity index (χ0v) is 23.8. The molecule has 2 bridgehead atoms. The molecular weight excluding hydrogens is 438 g/mol. The molecule has 32 heavy (non-hydrogen) atoms. The molecule has 3 fully saturated rings. The number of hydrogen-bond donors (Lipinski definition) is 0. The van der Waals surface area contributed by atoms with Crippen molar-refractivity contribution in [3.8, 4) is 0 Å². The second kappa shape index (κ2) is 8.23. The number of carbonyl (C=O) groups excluding carboxylic acids is 1. The molecule has 5 nitrogen and oxygen atoms in total. The minimum absolute atomic E-state index is 0.0363. The van der Waals surface area contributed by atoms with Crippen LogP contribution in [-0.2, 0) is 19.2 Å². The normalized spacial score (nSPS) is 32.9. The minimum atomic E-state index is -3.61. The van der Waals surface area contributed by atoms with Gasteiger partial charge in [-0.1, -0.05) is 61.5 Å². The van der Waals surface area contributed by atoms with Crippen LogP contribution in [-0.4, -0.2) is 46.3 Å².